The van der Waals surface area contributed by atoms with E-state index in [9.17, 15) is 0 Å². The molecule has 130 valence electrons. The Morgan fingerprint density at radius 2 is 0.923 bits per heavy atom. The minimum Gasteiger partial charge on any atom is -0.456 e. The highest BCUT2D eigenvalue weighted by Crippen LogP contribution is 2.46. The van der Waals surface area contributed by atoms with E-state index in [1.165, 1.54) is 11.1 Å². The van der Waals surface area contributed by atoms with E-state index in [2.05, 4.69) is 38.1 Å². The third kappa shape index (κ3) is 3.66. The van der Waals surface area contributed by atoms with E-state index >= 15 is 0 Å². The minimum atomic E-state index is 0.841. The fraction of sp³-hybridized carbons (Fsp3) is 0.0909. The summed E-state index contributed by atoms with van der Waals surface area (Å²) in [6.07, 6.45) is 0. The summed E-state index contributed by atoms with van der Waals surface area (Å²) < 4.78 is 12.2. The maximum absolute atomic E-state index is 6.11. The maximum Gasteiger partial charge on any atom is 0.146 e. The van der Waals surface area contributed by atoms with E-state index in [1.54, 1.807) is 22.7 Å². The molecule has 4 rings (SSSR count). The number of thiophene rings is 2. The SMILES string of the molecule is Cc1ccc(Oc2ccsc2-c2sccc2Oc2ccc(C)cc2)cc1. The van der Waals surface area contributed by atoms with Gasteiger partial charge in [-0.25, -0.2) is 0 Å². The van der Waals surface area contributed by atoms with E-state index in [-0.39, 0.29) is 0 Å². The summed E-state index contributed by atoms with van der Waals surface area (Å²) in [5.74, 6) is 3.39. The molecular weight excluding hydrogens is 360 g/mol. The third-order valence-electron chi connectivity index (χ3n) is 3.96. The van der Waals surface area contributed by atoms with Gasteiger partial charge in [0.05, 0.1) is 9.75 Å². The van der Waals surface area contributed by atoms with Gasteiger partial charge in [0.2, 0.25) is 0 Å². The molecule has 0 spiro atoms. The Morgan fingerprint density at radius 3 is 1.31 bits per heavy atom. The lowest BCUT2D eigenvalue weighted by molar-refractivity contribution is 0.480. The lowest BCUT2D eigenvalue weighted by Gasteiger charge is -2.09. The zero-order valence-electron chi connectivity index (χ0n) is 14.6. The first-order valence-electron chi connectivity index (χ1n) is 8.33. The molecule has 0 bridgehead atoms. The average molecular weight is 379 g/mol. The van der Waals surface area contributed by atoms with Gasteiger partial charge in [0.15, 0.2) is 0 Å². The first-order valence-corrected chi connectivity index (χ1v) is 10.1. The van der Waals surface area contributed by atoms with Crippen LogP contribution in [0.2, 0.25) is 0 Å². The predicted molar refractivity (Wildman–Crippen MR) is 110 cm³/mol. The molecule has 2 aromatic heterocycles. The molecule has 0 unspecified atom stereocenters. The summed E-state index contributed by atoms with van der Waals surface area (Å²) in [6.45, 7) is 4.14. The van der Waals surface area contributed by atoms with Crippen molar-refractivity contribution in [1.82, 2.24) is 0 Å². The number of ether oxygens (including phenoxy) is 2. The van der Waals surface area contributed by atoms with Crippen molar-refractivity contribution in [1.29, 1.82) is 0 Å². The zero-order valence-corrected chi connectivity index (χ0v) is 16.2. The summed E-state index contributed by atoms with van der Waals surface area (Å²) in [5, 5.41) is 4.10. The van der Waals surface area contributed by atoms with Crippen LogP contribution >= 0.6 is 22.7 Å². The van der Waals surface area contributed by atoms with Crippen molar-refractivity contribution >= 4 is 22.7 Å². The topological polar surface area (TPSA) is 18.5 Å². The Labute approximate surface area is 161 Å². The van der Waals surface area contributed by atoms with Gasteiger partial charge in [-0.15, -0.1) is 22.7 Å². The highest BCUT2D eigenvalue weighted by Gasteiger charge is 2.16. The summed E-state index contributed by atoms with van der Waals surface area (Å²) in [5.41, 5.74) is 2.44. The monoisotopic (exact) mass is 378 g/mol. The van der Waals surface area contributed by atoms with Crippen molar-refractivity contribution in [3.63, 3.8) is 0 Å². The molecule has 0 aliphatic rings. The summed E-state index contributed by atoms with van der Waals surface area (Å²) in [4.78, 5) is 2.17. The fourth-order valence-electron chi connectivity index (χ4n) is 2.55. The Kier molecular flexibility index (Phi) is 4.78. The molecule has 26 heavy (non-hydrogen) atoms. The van der Waals surface area contributed by atoms with Crippen LogP contribution in [-0.2, 0) is 0 Å². The van der Waals surface area contributed by atoms with Crippen molar-refractivity contribution in [2.45, 2.75) is 13.8 Å². The third-order valence-corrected chi connectivity index (χ3v) is 5.92. The first-order chi connectivity index (χ1) is 12.7. The van der Waals surface area contributed by atoms with Gasteiger partial charge in [-0.05, 0) is 61.0 Å². The van der Waals surface area contributed by atoms with Crippen molar-refractivity contribution < 1.29 is 9.47 Å². The Bertz CT molecular complexity index is 912. The standard InChI is InChI=1S/C22H18O2S2/c1-15-3-7-17(8-4-15)23-19-11-13-25-21(19)22-20(12-14-26-22)24-18-9-5-16(2)6-10-18/h3-14H,1-2H3. The molecule has 0 amide bonds. The number of rotatable bonds is 5. The second-order valence-corrected chi connectivity index (χ2v) is 7.89. The molecule has 0 saturated heterocycles. The summed E-state index contributed by atoms with van der Waals surface area (Å²) in [6, 6.07) is 20.2. The first kappa shape index (κ1) is 16.9. The van der Waals surface area contributed by atoms with Crippen LogP contribution in [-0.4, -0.2) is 0 Å². The molecule has 0 aliphatic heterocycles. The average Bonchev–Trinajstić information content (AvgIpc) is 3.28. The van der Waals surface area contributed by atoms with Crippen molar-refractivity contribution in [3.05, 3.63) is 82.6 Å². The zero-order chi connectivity index (χ0) is 17.9. The van der Waals surface area contributed by atoms with Crippen LogP contribution in [0, 0.1) is 13.8 Å². The van der Waals surface area contributed by atoms with Gasteiger partial charge >= 0.3 is 0 Å². The number of hydrogen-bond acceptors (Lipinski definition) is 4. The summed E-state index contributed by atoms with van der Waals surface area (Å²) in [7, 11) is 0. The molecule has 0 saturated carbocycles. The molecule has 0 atom stereocenters. The molecule has 2 nitrogen and oxygen atoms in total. The smallest absolute Gasteiger partial charge is 0.146 e. The minimum absolute atomic E-state index is 0.841. The van der Waals surface area contributed by atoms with Crippen LogP contribution in [0.15, 0.2) is 71.4 Å². The molecule has 0 N–H and O–H groups in total. The van der Waals surface area contributed by atoms with E-state index in [4.69, 9.17) is 9.47 Å². The molecule has 4 aromatic rings. The van der Waals surface area contributed by atoms with Crippen LogP contribution in [0.3, 0.4) is 0 Å². The van der Waals surface area contributed by atoms with Crippen molar-refractivity contribution in [2.24, 2.45) is 0 Å². The molecule has 0 radical (unpaired) electrons. The van der Waals surface area contributed by atoms with Crippen LogP contribution in [0.5, 0.6) is 23.0 Å². The normalized spacial score (nSPS) is 10.7. The van der Waals surface area contributed by atoms with Gasteiger partial charge in [0.25, 0.3) is 0 Å². The number of aryl methyl sites for hydroxylation is 2. The van der Waals surface area contributed by atoms with Crippen LogP contribution in [0.1, 0.15) is 11.1 Å². The lowest BCUT2D eigenvalue weighted by Crippen LogP contribution is -1.86. The summed E-state index contributed by atoms with van der Waals surface area (Å²) >= 11 is 3.32. The molecule has 2 aromatic carbocycles. The van der Waals surface area contributed by atoms with Crippen LogP contribution in [0.25, 0.3) is 9.75 Å². The van der Waals surface area contributed by atoms with Gasteiger partial charge in [-0.2, -0.15) is 0 Å². The van der Waals surface area contributed by atoms with Gasteiger partial charge in [0.1, 0.15) is 23.0 Å². The second-order valence-electron chi connectivity index (χ2n) is 6.06. The van der Waals surface area contributed by atoms with E-state index < -0.39 is 0 Å². The highest BCUT2D eigenvalue weighted by atomic mass is 32.1. The largest absolute Gasteiger partial charge is 0.456 e. The van der Waals surface area contributed by atoms with E-state index in [0.717, 1.165) is 32.8 Å². The molecule has 2 heterocycles. The number of benzene rings is 2. The van der Waals surface area contributed by atoms with Gasteiger partial charge < -0.3 is 9.47 Å². The van der Waals surface area contributed by atoms with Crippen LogP contribution in [0.4, 0.5) is 0 Å². The Morgan fingerprint density at radius 1 is 0.538 bits per heavy atom. The van der Waals surface area contributed by atoms with E-state index in [0.29, 0.717) is 0 Å². The fourth-order valence-corrected chi connectivity index (χ4v) is 4.36. The van der Waals surface area contributed by atoms with Gasteiger partial charge in [-0.1, -0.05) is 35.4 Å². The Hall–Kier alpha value is -2.56. The van der Waals surface area contributed by atoms with Crippen molar-refractivity contribution in [2.75, 3.05) is 0 Å². The quantitative estimate of drug-likeness (QED) is 0.354. The van der Waals surface area contributed by atoms with Gasteiger partial charge in [-0.3, -0.25) is 0 Å². The Balaban J connectivity index is 1.61. The maximum atomic E-state index is 6.11. The number of hydrogen-bond donors (Lipinski definition) is 0. The van der Waals surface area contributed by atoms with E-state index in [1.807, 2.05) is 47.2 Å². The van der Waals surface area contributed by atoms with Crippen molar-refractivity contribution in [3.8, 4) is 32.8 Å². The second kappa shape index (κ2) is 7.36. The molecule has 0 aliphatic carbocycles. The van der Waals surface area contributed by atoms with Crippen LogP contribution < -0.4 is 9.47 Å². The predicted octanol–water partition coefficient (Wildman–Crippen LogP) is 7.68. The molecular formula is C22H18O2S2. The molecule has 0 fully saturated rings. The lowest BCUT2D eigenvalue weighted by atomic mass is 10.2. The van der Waals surface area contributed by atoms with Gasteiger partial charge in [0, 0.05) is 0 Å². The highest BCUT2D eigenvalue weighted by molar-refractivity contribution is 7.21. The molecule has 4 heteroatoms.